The van der Waals surface area contributed by atoms with Crippen LogP contribution in [0.5, 0.6) is 5.75 Å². The van der Waals surface area contributed by atoms with E-state index in [1.165, 1.54) is 5.56 Å². The van der Waals surface area contributed by atoms with Gasteiger partial charge in [-0.05, 0) is 24.5 Å². The number of para-hydroxylation sites is 1. The molecule has 0 spiro atoms. The van der Waals surface area contributed by atoms with E-state index in [9.17, 15) is 0 Å². The van der Waals surface area contributed by atoms with Gasteiger partial charge < -0.3 is 4.74 Å². The van der Waals surface area contributed by atoms with Crippen LogP contribution in [0, 0.1) is 5.92 Å². The fraction of sp³-hybridized carbons (Fsp3) is 0.538. The highest BCUT2D eigenvalue weighted by molar-refractivity contribution is 9.09. The second kappa shape index (κ2) is 6.89. The Labute approximate surface area is 101 Å². The van der Waals surface area contributed by atoms with Gasteiger partial charge in [-0.2, -0.15) is 0 Å². The summed E-state index contributed by atoms with van der Waals surface area (Å²) in [6.45, 7) is 5.16. The average molecular weight is 271 g/mol. The molecule has 2 heteroatoms. The predicted octanol–water partition coefficient (Wildman–Crippen LogP) is 4.05. The van der Waals surface area contributed by atoms with Gasteiger partial charge >= 0.3 is 0 Å². The van der Waals surface area contributed by atoms with Gasteiger partial charge in [-0.3, -0.25) is 0 Å². The molecule has 0 radical (unpaired) electrons. The summed E-state index contributed by atoms with van der Waals surface area (Å²) in [4.78, 5) is 0. The van der Waals surface area contributed by atoms with Crippen molar-refractivity contribution in [2.75, 3.05) is 11.9 Å². The molecule has 0 saturated heterocycles. The van der Waals surface area contributed by atoms with Gasteiger partial charge in [-0.15, -0.1) is 0 Å². The summed E-state index contributed by atoms with van der Waals surface area (Å²) in [7, 11) is 0. The van der Waals surface area contributed by atoms with E-state index in [1.54, 1.807) is 0 Å². The van der Waals surface area contributed by atoms with Crippen molar-refractivity contribution in [1.29, 1.82) is 0 Å². The van der Waals surface area contributed by atoms with E-state index in [0.717, 1.165) is 30.5 Å². The SMILES string of the molecule is CCc1ccccc1OCC(CC)CBr. The van der Waals surface area contributed by atoms with Crippen LogP contribution in [-0.4, -0.2) is 11.9 Å². The molecule has 1 aromatic carbocycles. The molecular weight excluding hydrogens is 252 g/mol. The van der Waals surface area contributed by atoms with Gasteiger partial charge in [0.15, 0.2) is 0 Å². The number of alkyl halides is 1. The minimum absolute atomic E-state index is 0.606. The van der Waals surface area contributed by atoms with Crippen molar-refractivity contribution in [2.24, 2.45) is 5.92 Å². The fourth-order valence-electron chi connectivity index (χ4n) is 1.42. The first kappa shape index (κ1) is 12.6. The van der Waals surface area contributed by atoms with Crippen LogP contribution >= 0.6 is 15.9 Å². The van der Waals surface area contributed by atoms with Gasteiger partial charge in [0, 0.05) is 11.2 Å². The summed E-state index contributed by atoms with van der Waals surface area (Å²) in [5.41, 5.74) is 1.29. The number of hydrogen-bond acceptors (Lipinski definition) is 1. The lowest BCUT2D eigenvalue weighted by molar-refractivity contribution is 0.258. The van der Waals surface area contributed by atoms with Crippen molar-refractivity contribution < 1.29 is 4.74 Å². The highest BCUT2D eigenvalue weighted by Crippen LogP contribution is 2.19. The Hall–Kier alpha value is -0.500. The number of rotatable bonds is 6. The zero-order valence-electron chi connectivity index (χ0n) is 9.50. The van der Waals surface area contributed by atoms with E-state index in [2.05, 4.69) is 48.0 Å². The first-order valence-electron chi connectivity index (χ1n) is 5.58. The second-order valence-electron chi connectivity index (χ2n) is 3.70. The smallest absolute Gasteiger partial charge is 0.122 e. The van der Waals surface area contributed by atoms with Crippen LogP contribution in [0.1, 0.15) is 25.8 Å². The number of halogens is 1. The van der Waals surface area contributed by atoms with E-state index in [0.29, 0.717) is 5.92 Å². The van der Waals surface area contributed by atoms with Crippen LogP contribution in [0.4, 0.5) is 0 Å². The number of benzene rings is 1. The minimum atomic E-state index is 0.606. The quantitative estimate of drug-likeness (QED) is 0.709. The molecule has 1 nitrogen and oxygen atoms in total. The van der Waals surface area contributed by atoms with Crippen LogP contribution in [0.15, 0.2) is 24.3 Å². The molecule has 15 heavy (non-hydrogen) atoms. The third-order valence-electron chi connectivity index (χ3n) is 2.62. The lowest BCUT2D eigenvalue weighted by Gasteiger charge is -2.15. The van der Waals surface area contributed by atoms with Crippen molar-refractivity contribution in [3.8, 4) is 5.75 Å². The first-order chi connectivity index (χ1) is 7.31. The first-order valence-corrected chi connectivity index (χ1v) is 6.70. The Balaban J connectivity index is 2.56. The summed E-state index contributed by atoms with van der Waals surface area (Å²) in [6.07, 6.45) is 2.18. The molecule has 0 aliphatic heterocycles. The van der Waals surface area contributed by atoms with Gasteiger partial charge in [0.2, 0.25) is 0 Å². The monoisotopic (exact) mass is 270 g/mol. The van der Waals surface area contributed by atoms with Crippen molar-refractivity contribution in [3.63, 3.8) is 0 Å². The van der Waals surface area contributed by atoms with Crippen molar-refractivity contribution in [1.82, 2.24) is 0 Å². The third kappa shape index (κ3) is 3.86. The fourth-order valence-corrected chi connectivity index (χ4v) is 2.06. The molecule has 1 atom stereocenters. The zero-order valence-corrected chi connectivity index (χ0v) is 11.1. The lowest BCUT2D eigenvalue weighted by Crippen LogP contribution is -2.13. The predicted molar refractivity (Wildman–Crippen MR) is 68.9 cm³/mol. The summed E-state index contributed by atoms with van der Waals surface area (Å²) in [5, 5.41) is 1.01. The minimum Gasteiger partial charge on any atom is -0.493 e. The third-order valence-corrected chi connectivity index (χ3v) is 3.54. The van der Waals surface area contributed by atoms with E-state index in [-0.39, 0.29) is 0 Å². The molecule has 0 bridgehead atoms. The van der Waals surface area contributed by atoms with Crippen LogP contribution in [-0.2, 0) is 6.42 Å². The van der Waals surface area contributed by atoms with Gasteiger partial charge in [-0.25, -0.2) is 0 Å². The zero-order chi connectivity index (χ0) is 11.1. The van der Waals surface area contributed by atoms with Crippen LogP contribution in [0.2, 0.25) is 0 Å². The van der Waals surface area contributed by atoms with E-state index < -0.39 is 0 Å². The molecule has 0 amide bonds. The maximum atomic E-state index is 5.84. The van der Waals surface area contributed by atoms with Crippen molar-refractivity contribution in [3.05, 3.63) is 29.8 Å². The molecule has 0 N–H and O–H groups in total. The topological polar surface area (TPSA) is 9.23 Å². The largest absolute Gasteiger partial charge is 0.493 e. The van der Waals surface area contributed by atoms with Crippen molar-refractivity contribution in [2.45, 2.75) is 26.7 Å². The molecule has 0 aliphatic rings. The molecule has 0 aliphatic carbocycles. The Kier molecular flexibility index (Phi) is 5.77. The van der Waals surface area contributed by atoms with E-state index in [1.807, 2.05) is 6.07 Å². The molecule has 0 aromatic heterocycles. The Morgan fingerprint density at radius 1 is 1.27 bits per heavy atom. The number of ether oxygens (including phenoxy) is 1. The second-order valence-corrected chi connectivity index (χ2v) is 4.35. The molecule has 1 unspecified atom stereocenters. The summed E-state index contributed by atoms with van der Waals surface area (Å²) in [5.74, 6) is 1.65. The maximum Gasteiger partial charge on any atom is 0.122 e. The standard InChI is InChI=1S/C13H19BrO/c1-3-11(9-14)10-15-13-8-6-5-7-12(13)4-2/h5-8,11H,3-4,9-10H2,1-2H3. The summed E-state index contributed by atoms with van der Waals surface area (Å²) < 4.78 is 5.84. The van der Waals surface area contributed by atoms with E-state index >= 15 is 0 Å². The molecule has 1 aromatic rings. The molecule has 84 valence electrons. The van der Waals surface area contributed by atoms with Gasteiger partial charge in [-0.1, -0.05) is 48.0 Å². The maximum absolute atomic E-state index is 5.84. The van der Waals surface area contributed by atoms with Gasteiger partial charge in [0.25, 0.3) is 0 Å². The number of hydrogen-bond donors (Lipinski definition) is 0. The molecular formula is C13H19BrO. The normalized spacial score (nSPS) is 12.5. The van der Waals surface area contributed by atoms with Gasteiger partial charge in [0.05, 0.1) is 6.61 Å². The van der Waals surface area contributed by atoms with Crippen LogP contribution in [0.25, 0.3) is 0 Å². The van der Waals surface area contributed by atoms with E-state index in [4.69, 9.17) is 4.74 Å². The highest BCUT2D eigenvalue weighted by Gasteiger charge is 2.06. The van der Waals surface area contributed by atoms with Crippen LogP contribution < -0.4 is 4.74 Å². The Morgan fingerprint density at radius 2 is 2.00 bits per heavy atom. The summed E-state index contributed by atoms with van der Waals surface area (Å²) >= 11 is 3.51. The summed E-state index contributed by atoms with van der Waals surface area (Å²) in [6, 6.07) is 8.28. The molecule has 0 heterocycles. The van der Waals surface area contributed by atoms with Crippen molar-refractivity contribution >= 4 is 15.9 Å². The highest BCUT2D eigenvalue weighted by atomic mass is 79.9. The van der Waals surface area contributed by atoms with Crippen LogP contribution in [0.3, 0.4) is 0 Å². The van der Waals surface area contributed by atoms with Gasteiger partial charge in [0.1, 0.15) is 5.75 Å². The molecule has 1 rings (SSSR count). The average Bonchev–Trinajstić information content (AvgIpc) is 2.31. The molecule has 0 fully saturated rings. The lowest BCUT2D eigenvalue weighted by atomic mass is 10.1. The Bertz CT molecular complexity index is 282. The molecule has 0 saturated carbocycles. The number of aryl methyl sites for hydroxylation is 1. The Morgan fingerprint density at radius 3 is 2.60 bits per heavy atom.